The molecule has 0 spiro atoms. The van der Waals surface area contributed by atoms with E-state index in [1.165, 1.54) is 0 Å². The molecule has 0 unspecified atom stereocenters. The van der Waals surface area contributed by atoms with E-state index in [-0.39, 0.29) is 11.5 Å². The molecule has 94 valence electrons. The van der Waals surface area contributed by atoms with Gasteiger partial charge < -0.3 is 0 Å². The van der Waals surface area contributed by atoms with Gasteiger partial charge in [-0.1, -0.05) is 43.5 Å². The molecular formula is C13H18ClNO2. The van der Waals surface area contributed by atoms with Crippen molar-refractivity contribution in [1.29, 1.82) is 0 Å². The average molecular weight is 256 g/mol. The molecule has 0 aliphatic carbocycles. The van der Waals surface area contributed by atoms with Crippen molar-refractivity contribution in [1.82, 2.24) is 0 Å². The molecule has 1 aromatic rings. The molecule has 0 radical (unpaired) electrons. The van der Waals surface area contributed by atoms with Crippen LogP contribution in [-0.4, -0.2) is 11.5 Å². The minimum Gasteiger partial charge on any atom is -0.265 e. The zero-order chi connectivity index (χ0) is 12.9. The predicted octanol–water partition coefficient (Wildman–Crippen LogP) is 4.06. The Morgan fingerprint density at radius 2 is 1.94 bits per heavy atom. The van der Waals surface area contributed by atoms with Gasteiger partial charge in [-0.2, -0.15) is 0 Å². The first kappa shape index (κ1) is 14.0. The second kappa shape index (κ2) is 6.01. The summed E-state index contributed by atoms with van der Waals surface area (Å²) in [5, 5.41) is 11.5. The van der Waals surface area contributed by atoms with E-state index in [0.717, 1.165) is 24.8 Å². The highest BCUT2D eigenvalue weighted by Crippen LogP contribution is 2.30. The van der Waals surface area contributed by atoms with Gasteiger partial charge in [0, 0.05) is 9.95 Å². The van der Waals surface area contributed by atoms with E-state index in [1.807, 2.05) is 19.1 Å². The van der Waals surface area contributed by atoms with Gasteiger partial charge in [0.05, 0.1) is 5.41 Å². The van der Waals surface area contributed by atoms with E-state index in [4.69, 9.17) is 11.6 Å². The van der Waals surface area contributed by atoms with Gasteiger partial charge in [0.25, 0.3) is 0 Å². The fraction of sp³-hybridized carbons (Fsp3) is 0.538. The zero-order valence-electron chi connectivity index (χ0n) is 10.3. The van der Waals surface area contributed by atoms with Crippen molar-refractivity contribution < 1.29 is 4.92 Å². The predicted molar refractivity (Wildman–Crippen MR) is 70.2 cm³/mol. The highest BCUT2D eigenvalue weighted by molar-refractivity contribution is 6.30. The maximum Gasteiger partial charge on any atom is 0.213 e. The molecule has 1 atom stereocenters. The van der Waals surface area contributed by atoms with Crippen molar-refractivity contribution in [3.05, 3.63) is 45.0 Å². The van der Waals surface area contributed by atoms with E-state index >= 15 is 0 Å². The molecule has 0 fully saturated rings. The van der Waals surface area contributed by atoms with Crippen LogP contribution in [-0.2, 0) is 5.41 Å². The fourth-order valence-corrected chi connectivity index (χ4v) is 2.14. The molecule has 17 heavy (non-hydrogen) atoms. The lowest BCUT2D eigenvalue weighted by Gasteiger charge is -2.25. The molecule has 0 aliphatic rings. The highest BCUT2D eigenvalue weighted by Gasteiger charge is 2.31. The lowest BCUT2D eigenvalue weighted by molar-refractivity contribution is -0.490. The van der Waals surface area contributed by atoms with Crippen molar-refractivity contribution in [3.8, 4) is 0 Å². The van der Waals surface area contributed by atoms with Crippen LogP contribution in [0.4, 0.5) is 0 Å². The third-order valence-corrected chi connectivity index (χ3v) is 3.35. The van der Waals surface area contributed by atoms with Crippen molar-refractivity contribution in [2.24, 2.45) is 0 Å². The summed E-state index contributed by atoms with van der Waals surface area (Å²) in [5.74, 6) is 0. The summed E-state index contributed by atoms with van der Waals surface area (Å²) in [6.45, 7) is 4.01. The van der Waals surface area contributed by atoms with Crippen LogP contribution in [0.3, 0.4) is 0 Å². The van der Waals surface area contributed by atoms with Crippen LogP contribution < -0.4 is 0 Å². The highest BCUT2D eigenvalue weighted by atomic mass is 35.5. The van der Waals surface area contributed by atoms with Crippen LogP contribution in [0.1, 0.15) is 38.7 Å². The number of rotatable bonds is 6. The van der Waals surface area contributed by atoms with Gasteiger partial charge in [0.1, 0.15) is 0 Å². The number of halogens is 1. The molecule has 0 saturated carbocycles. The first-order chi connectivity index (χ1) is 7.98. The fourth-order valence-electron chi connectivity index (χ4n) is 2.02. The van der Waals surface area contributed by atoms with Gasteiger partial charge >= 0.3 is 0 Å². The van der Waals surface area contributed by atoms with E-state index in [0.29, 0.717) is 5.02 Å². The van der Waals surface area contributed by atoms with Gasteiger partial charge in [0.2, 0.25) is 6.54 Å². The van der Waals surface area contributed by atoms with Crippen molar-refractivity contribution in [2.75, 3.05) is 6.54 Å². The molecule has 4 heteroatoms. The molecule has 0 saturated heterocycles. The molecule has 0 heterocycles. The topological polar surface area (TPSA) is 43.1 Å². The van der Waals surface area contributed by atoms with Gasteiger partial charge in [-0.25, -0.2) is 0 Å². The van der Waals surface area contributed by atoms with Gasteiger partial charge in [-0.3, -0.25) is 10.1 Å². The minimum absolute atomic E-state index is 0.0331. The van der Waals surface area contributed by atoms with E-state index in [2.05, 4.69) is 6.92 Å². The molecule has 0 bridgehead atoms. The Morgan fingerprint density at radius 3 is 2.41 bits per heavy atom. The monoisotopic (exact) mass is 255 g/mol. The molecule has 0 N–H and O–H groups in total. The summed E-state index contributed by atoms with van der Waals surface area (Å²) in [6.07, 6.45) is 2.86. The maximum atomic E-state index is 10.8. The van der Waals surface area contributed by atoms with Crippen LogP contribution in [0.5, 0.6) is 0 Å². The van der Waals surface area contributed by atoms with E-state index < -0.39 is 5.41 Å². The summed E-state index contributed by atoms with van der Waals surface area (Å²) in [6, 6.07) is 7.37. The first-order valence-corrected chi connectivity index (χ1v) is 6.23. The number of nitrogens with zero attached hydrogens (tertiary/aromatic N) is 1. The Morgan fingerprint density at radius 1 is 1.35 bits per heavy atom. The van der Waals surface area contributed by atoms with Crippen molar-refractivity contribution in [2.45, 2.75) is 38.5 Å². The number of unbranched alkanes of at least 4 members (excludes halogenated alkanes) is 1. The third kappa shape index (κ3) is 4.00. The number of hydrogen-bond acceptors (Lipinski definition) is 2. The van der Waals surface area contributed by atoms with Gasteiger partial charge in [-0.05, 0) is 31.0 Å². The Hall–Kier alpha value is -1.09. The second-order valence-electron chi connectivity index (χ2n) is 4.66. The summed E-state index contributed by atoms with van der Waals surface area (Å²) in [7, 11) is 0. The lowest BCUT2D eigenvalue weighted by atomic mass is 9.78. The van der Waals surface area contributed by atoms with Gasteiger partial charge in [0.15, 0.2) is 0 Å². The molecule has 0 aromatic heterocycles. The third-order valence-electron chi connectivity index (χ3n) is 3.10. The Balaban J connectivity index is 2.95. The largest absolute Gasteiger partial charge is 0.265 e. The van der Waals surface area contributed by atoms with E-state index in [1.54, 1.807) is 12.1 Å². The number of nitro groups is 1. The van der Waals surface area contributed by atoms with Crippen LogP contribution in [0.2, 0.25) is 5.02 Å². The molecule has 1 rings (SSSR count). The maximum absolute atomic E-state index is 10.8. The zero-order valence-corrected chi connectivity index (χ0v) is 11.0. The Kier molecular flexibility index (Phi) is 4.94. The van der Waals surface area contributed by atoms with Crippen LogP contribution in [0, 0.1) is 10.1 Å². The quantitative estimate of drug-likeness (QED) is 0.568. The Labute approximate surface area is 107 Å². The van der Waals surface area contributed by atoms with Crippen LogP contribution >= 0.6 is 11.6 Å². The molecule has 3 nitrogen and oxygen atoms in total. The van der Waals surface area contributed by atoms with Crippen molar-refractivity contribution >= 4 is 11.6 Å². The molecule has 1 aromatic carbocycles. The van der Waals surface area contributed by atoms with Crippen molar-refractivity contribution in [3.63, 3.8) is 0 Å². The molecule has 0 aliphatic heterocycles. The number of hydrogen-bond donors (Lipinski definition) is 0. The summed E-state index contributed by atoms with van der Waals surface area (Å²) < 4.78 is 0. The standard InChI is InChI=1S/C13H18ClNO2/c1-3-4-9-13(2,10-15(16)17)11-5-7-12(14)8-6-11/h5-8H,3-4,9-10H2,1-2H3/t13-/m1/s1. The minimum atomic E-state index is -0.399. The summed E-state index contributed by atoms with van der Waals surface area (Å²) in [4.78, 5) is 10.6. The summed E-state index contributed by atoms with van der Waals surface area (Å²) in [5.41, 5.74) is 0.594. The summed E-state index contributed by atoms with van der Waals surface area (Å²) >= 11 is 5.84. The second-order valence-corrected chi connectivity index (χ2v) is 5.10. The SMILES string of the molecule is CCCC[C@](C)(C[N+](=O)[O-])c1ccc(Cl)cc1. The average Bonchev–Trinajstić information content (AvgIpc) is 2.26. The molecular weight excluding hydrogens is 238 g/mol. The normalized spacial score (nSPS) is 14.3. The first-order valence-electron chi connectivity index (χ1n) is 5.86. The van der Waals surface area contributed by atoms with E-state index in [9.17, 15) is 10.1 Å². The number of benzene rings is 1. The van der Waals surface area contributed by atoms with Crippen LogP contribution in [0.15, 0.2) is 24.3 Å². The van der Waals surface area contributed by atoms with Gasteiger partial charge in [-0.15, -0.1) is 0 Å². The van der Waals surface area contributed by atoms with Crippen LogP contribution in [0.25, 0.3) is 0 Å². The lowest BCUT2D eigenvalue weighted by Crippen LogP contribution is -2.31. The molecule has 0 amide bonds. The smallest absolute Gasteiger partial charge is 0.213 e. The Bertz CT molecular complexity index is 378.